The molecule has 0 unspecified atom stereocenters. The fourth-order valence-electron chi connectivity index (χ4n) is 4.53. The Bertz CT molecular complexity index is 686. The normalized spacial score (nSPS) is 15.5. The Morgan fingerprint density at radius 2 is 0.488 bits per heavy atom. The van der Waals surface area contributed by atoms with Crippen molar-refractivity contribution in [3.8, 4) is 0 Å². The molecule has 0 amide bonds. The molecule has 2 nitrogen and oxygen atoms in total. The van der Waals surface area contributed by atoms with Gasteiger partial charge >= 0.3 is 24.7 Å². The van der Waals surface area contributed by atoms with E-state index in [1.807, 2.05) is 0 Å². The summed E-state index contributed by atoms with van der Waals surface area (Å²) in [5.74, 6) is 0. The second-order valence-corrected chi connectivity index (χ2v) is 22.6. The molecule has 0 saturated heterocycles. The average molecular weight is 845 g/mol. The summed E-state index contributed by atoms with van der Waals surface area (Å²) in [4.78, 5) is 0. The summed E-state index contributed by atoms with van der Waals surface area (Å²) in [7, 11) is -4.50. The molecule has 17 heteroatoms. The van der Waals surface area contributed by atoms with Gasteiger partial charge in [-0.2, -0.15) is 52.7 Å². The zero-order valence-electron chi connectivity index (χ0n) is 25.1. The van der Waals surface area contributed by atoms with Gasteiger partial charge in [0.05, 0.1) is 32.9 Å². The van der Waals surface area contributed by atoms with Crippen molar-refractivity contribution < 1.29 is 83.0 Å². The average Bonchev–Trinajstić information content (AvgIpc) is 2.56. The molecule has 253 valence electrons. The number of hydrogen-bond donors (Lipinski definition) is 0. The SMILES string of the molecule is CC(C)(C)[PH+](CC([O-])(C(F)(F)F)C(F)(F)F)C(C)(C)C.CC(C)(C)[PH+](CC([O-])(C(F)(F)F)C(F)(F)F)C(C)(C)C.[Ir]. The van der Waals surface area contributed by atoms with Crippen LogP contribution in [0.5, 0.6) is 0 Å². The van der Waals surface area contributed by atoms with E-state index < -0.39 is 84.7 Å². The summed E-state index contributed by atoms with van der Waals surface area (Å²) in [5.41, 5.74) is -9.79. The van der Waals surface area contributed by atoms with E-state index in [1.54, 1.807) is 83.1 Å². The fourth-order valence-corrected chi connectivity index (χ4v) is 12.9. The van der Waals surface area contributed by atoms with Gasteiger partial charge in [-0.1, -0.05) is 0 Å². The van der Waals surface area contributed by atoms with E-state index in [1.165, 1.54) is 0 Å². The Hall–Kier alpha value is 0.589. The Balaban J connectivity index is -0.000000688. The van der Waals surface area contributed by atoms with Crippen LogP contribution in [0.2, 0.25) is 0 Å². The van der Waals surface area contributed by atoms with Crippen LogP contribution in [-0.4, -0.2) is 68.9 Å². The maximum Gasteiger partial charge on any atom is 0.391 e. The van der Waals surface area contributed by atoms with Crippen molar-refractivity contribution in [3.05, 3.63) is 0 Å². The van der Waals surface area contributed by atoms with E-state index >= 15 is 0 Å². The predicted octanol–water partition coefficient (Wildman–Crippen LogP) is 8.04. The third-order valence-corrected chi connectivity index (χ3v) is 15.2. The Morgan fingerprint density at radius 1 is 0.366 bits per heavy atom. The molecule has 0 aliphatic rings. The van der Waals surface area contributed by atoms with Gasteiger partial charge in [-0.15, -0.1) is 0 Å². The molecule has 0 rings (SSSR count). The topological polar surface area (TPSA) is 46.1 Å². The van der Waals surface area contributed by atoms with Gasteiger partial charge in [0.15, 0.2) is 0 Å². The largest absolute Gasteiger partial charge is 0.834 e. The van der Waals surface area contributed by atoms with Gasteiger partial charge in [0.2, 0.25) is 0 Å². The van der Waals surface area contributed by atoms with Crippen LogP contribution in [0.3, 0.4) is 0 Å². The minimum Gasteiger partial charge on any atom is -0.834 e. The minimum absolute atomic E-state index is 0. The van der Waals surface area contributed by atoms with Crippen LogP contribution in [0.15, 0.2) is 0 Å². The summed E-state index contributed by atoms with van der Waals surface area (Å²) in [5, 5.41) is 20.2. The Kier molecular flexibility index (Phi) is 15.2. The second-order valence-electron chi connectivity index (χ2n) is 14.0. The maximum absolute atomic E-state index is 12.7. The van der Waals surface area contributed by atoms with Crippen molar-refractivity contribution in [3.63, 3.8) is 0 Å². The van der Waals surface area contributed by atoms with Crippen LogP contribution >= 0.6 is 15.8 Å². The molecular weight excluding hydrogens is 802 g/mol. The molecule has 0 spiro atoms. The molecule has 0 aromatic heterocycles. The molecule has 0 aromatic rings. The van der Waals surface area contributed by atoms with Gasteiger partial charge in [-0.25, -0.2) is 0 Å². The molecule has 0 N–H and O–H groups in total. The van der Waals surface area contributed by atoms with Gasteiger partial charge in [0.25, 0.3) is 0 Å². The first-order valence-electron chi connectivity index (χ1n) is 12.1. The molecule has 0 aliphatic heterocycles. The standard InChI is InChI=1S/2C12H20F6OP.Ir/c2*1-8(2,3)20(9(4,5)6)7-10(19,11(13,14)15)12(16,17)18;/h2*7H2,1-6H3;/q2*-1;/p+2. The molecule has 0 fully saturated rings. The van der Waals surface area contributed by atoms with Crippen LogP contribution in [0, 0.1) is 0 Å². The van der Waals surface area contributed by atoms with E-state index in [4.69, 9.17) is 0 Å². The molecule has 0 heterocycles. The van der Waals surface area contributed by atoms with Crippen molar-refractivity contribution in [1.82, 2.24) is 0 Å². The number of hydrogen-bond acceptors (Lipinski definition) is 2. The smallest absolute Gasteiger partial charge is 0.391 e. The van der Waals surface area contributed by atoms with Gasteiger partial charge < -0.3 is 10.2 Å². The maximum atomic E-state index is 12.7. The first-order valence-corrected chi connectivity index (χ1v) is 15.5. The number of alkyl halides is 12. The second kappa shape index (κ2) is 13.5. The van der Waals surface area contributed by atoms with E-state index in [2.05, 4.69) is 0 Å². The first-order chi connectivity index (χ1) is 16.7. The summed E-state index contributed by atoms with van der Waals surface area (Å²) < 4.78 is 153. The molecule has 41 heavy (non-hydrogen) atoms. The molecule has 1 radical (unpaired) electrons. The summed E-state index contributed by atoms with van der Waals surface area (Å²) >= 11 is 0. The first kappa shape index (κ1) is 46.0. The van der Waals surface area contributed by atoms with E-state index in [-0.39, 0.29) is 20.1 Å². The Labute approximate surface area is 250 Å². The van der Waals surface area contributed by atoms with Crippen LogP contribution in [0.1, 0.15) is 83.1 Å². The van der Waals surface area contributed by atoms with E-state index in [0.717, 1.165) is 0 Å². The van der Waals surface area contributed by atoms with Crippen molar-refractivity contribution in [1.29, 1.82) is 0 Å². The predicted molar refractivity (Wildman–Crippen MR) is 135 cm³/mol. The molecule has 0 aromatic carbocycles. The summed E-state index contributed by atoms with van der Waals surface area (Å²) in [6.45, 7) is 19.0. The number of halogens is 12. The third-order valence-electron chi connectivity index (χ3n) is 6.30. The van der Waals surface area contributed by atoms with Gasteiger partial charge in [-0.3, -0.25) is 0 Å². The van der Waals surface area contributed by atoms with Crippen LogP contribution in [-0.2, 0) is 20.1 Å². The van der Waals surface area contributed by atoms with Crippen LogP contribution < -0.4 is 10.2 Å². The zero-order chi connectivity index (χ0) is 33.6. The van der Waals surface area contributed by atoms with Crippen LogP contribution in [0.25, 0.3) is 0 Å². The Morgan fingerprint density at radius 3 is 0.561 bits per heavy atom. The molecule has 0 aliphatic carbocycles. The van der Waals surface area contributed by atoms with Crippen molar-refractivity contribution in [2.24, 2.45) is 0 Å². The number of rotatable bonds is 4. The zero-order valence-corrected chi connectivity index (χ0v) is 29.5. The molecule has 0 bridgehead atoms. The summed E-state index contributed by atoms with van der Waals surface area (Å²) in [6, 6.07) is 0. The van der Waals surface area contributed by atoms with Crippen molar-refractivity contribution >= 4 is 15.8 Å². The van der Waals surface area contributed by atoms with Gasteiger partial charge in [-0.05, 0) is 83.1 Å². The van der Waals surface area contributed by atoms with Crippen molar-refractivity contribution in [2.45, 2.75) is 140 Å². The molecule has 0 atom stereocenters. The van der Waals surface area contributed by atoms with E-state index in [9.17, 15) is 62.9 Å². The molecule has 0 saturated carbocycles. The summed E-state index contributed by atoms with van der Waals surface area (Å²) in [6.07, 6.45) is -26.2. The van der Waals surface area contributed by atoms with Gasteiger partial charge in [0, 0.05) is 35.9 Å². The van der Waals surface area contributed by atoms with Gasteiger partial charge in [0.1, 0.15) is 11.2 Å². The monoisotopic (exact) mass is 845 g/mol. The molecular formula is C24H42F12IrO2P2. The minimum atomic E-state index is -5.85. The third kappa shape index (κ3) is 12.1. The van der Waals surface area contributed by atoms with E-state index in [0.29, 0.717) is 0 Å². The fraction of sp³-hybridized carbons (Fsp3) is 1.00. The quantitative estimate of drug-likeness (QED) is 0.213. The van der Waals surface area contributed by atoms with Crippen LogP contribution in [0.4, 0.5) is 52.7 Å². The van der Waals surface area contributed by atoms with Crippen molar-refractivity contribution in [2.75, 3.05) is 12.3 Å².